The number of thiazole rings is 1. The average Bonchev–Trinajstić information content (AvgIpc) is 3.39. The number of amides is 2. The Morgan fingerprint density at radius 1 is 1.14 bits per heavy atom. The fourth-order valence-electron chi connectivity index (χ4n) is 3.58. The third-order valence-corrected chi connectivity index (χ3v) is 7.76. The second-order valence-corrected chi connectivity index (χ2v) is 11.3. The highest BCUT2D eigenvalue weighted by molar-refractivity contribution is 7.99. The standard InChI is InChI=1S/C24H24Cl2N6O2S2/c1-13(2)10-18(27-22(34)15-9-8-14(25)11-16(15)26)21-30-31-24(32(21)3)35-12-20(33)29-23-28-17-6-4-5-7-19(17)36-23/h4-9,11,13,18H,10,12H2,1-3H3,(H,27,34)(H,28,29,33)/t18-/m0/s1. The molecule has 0 radical (unpaired) electrons. The van der Waals surface area contributed by atoms with Crippen molar-refractivity contribution in [1.82, 2.24) is 25.1 Å². The van der Waals surface area contributed by atoms with Crippen LogP contribution >= 0.6 is 46.3 Å². The van der Waals surface area contributed by atoms with E-state index in [0.717, 1.165) is 10.2 Å². The van der Waals surface area contributed by atoms with Gasteiger partial charge >= 0.3 is 0 Å². The van der Waals surface area contributed by atoms with Crippen LogP contribution in [0.25, 0.3) is 10.2 Å². The molecule has 2 aromatic carbocycles. The van der Waals surface area contributed by atoms with Crippen LogP contribution in [0.1, 0.15) is 42.5 Å². The van der Waals surface area contributed by atoms with Crippen molar-refractivity contribution in [2.75, 3.05) is 11.1 Å². The number of fused-ring (bicyclic) bond motifs is 1. The van der Waals surface area contributed by atoms with Gasteiger partial charge in [-0.15, -0.1) is 10.2 Å². The minimum Gasteiger partial charge on any atom is -0.342 e. The predicted octanol–water partition coefficient (Wildman–Crippen LogP) is 5.98. The third-order valence-electron chi connectivity index (χ3n) is 5.24. The predicted molar refractivity (Wildman–Crippen MR) is 146 cm³/mol. The molecule has 1 atom stereocenters. The Balaban J connectivity index is 1.43. The number of thioether (sulfide) groups is 1. The van der Waals surface area contributed by atoms with E-state index in [-0.39, 0.29) is 28.5 Å². The first kappa shape index (κ1) is 26.4. The minimum absolute atomic E-state index is 0.142. The Bertz CT molecular complexity index is 1370. The number of carbonyl (C=O) groups is 2. The lowest BCUT2D eigenvalue weighted by Crippen LogP contribution is -2.31. The van der Waals surface area contributed by atoms with Gasteiger partial charge in [-0.3, -0.25) is 9.59 Å². The molecular weight excluding hydrogens is 539 g/mol. The van der Waals surface area contributed by atoms with Crippen LogP contribution < -0.4 is 10.6 Å². The normalized spacial score (nSPS) is 12.2. The van der Waals surface area contributed by atoms with Gasteiger partial charge in [0.25, 0.3) is 5.91 Å². The van der Waals surface area contributed by atoms with Gasteiger partial charge in [-0.2, -0.15) is 0 Å². The lowest BCUT2D eigenvalue weighted by Gasteiger charge is -2.20. The number of halogens is 2. The Morgan fingerprint density at radius 2 is 1.92 bits per heavy atom. The van der Waals surface area contributed by atoms with Gasteiger partial charge in [0.2, 0.25) is 5.91 Å². The lowest BCUT2D eigenvalue weighted by molar-refractivity contribution is -0.113. The van der Waals surface area contributed by atoms with Gasteiger partial charge in [0.15, 0.2) is 16.1 Å². The van der Waals surface area contributed by atoms with E-state index in [2.05, 4.69) is 39.7 Å². The van der Waals surface area contributed by atoms with Crippen molar-refractivity contribution >= 4 is 73.5 Å². The van der Waals surface area contributed by atoms with Crippen LogP contribution in [-0.2, 0) is 11.8 Å². The second kappa shape index (κ2) is 11.6. The summed E-state index contributed by atoms with van der Waals surface area (Å²) in [6.07, 6.45) is 0.645. The van der Waals surface area contributed by atoms with E-state index < -0.39 is 6.04 Å². The third kappa shape index (κ3) is 6.36. The van der Waals surface area contributed by atoms with Crippen molar-refractivity contribution in [3.05, 3.63) is 63.9 Å². The zero-order chi connectivity index (χ0) is 25.8. The molecule has 36 heavy (non-hydrogen) atoms. The van der Waals surface area contributed by atoms with Crippen LogP contribution in [0.5, 0.6) is 0 Å². The zero-order valence-corrected chi connectivity index (χ0v) is 22.9. The minimum atomic E-state index is -0.396. The lowest BCUT2D eigenvalue weighted by atomic mass is 10.0. The fraction of sp³-hybridized carbons (Fsp3) is 0.292. The number of hydrogen-bond donors (Lipinski definition) is 2. The van der Waals surface area contributed by atoms with Crippen LogP contribution in [-0.4, -0.2) is 37.3 Å². The van der Waals surface area contributed by atoms with E-state index in [1.54, 1.807) is 16.7 Å². The highest BCUT2D eigenvalue weighted by Crippen LogP contribution is 2.28. The van der Waals surface area contributed by atoms with Crippen LogP contribution in [0.2, 0.25) is 10.0 Å². The number of anilines is 1. The highest BCUT2D eigenvalue weighted by Gasteiger charge is 2.24. The molecule has 0 aliphatic rings. The van der Waals surface area contributed by atoms with Gasteiger partial charge < -0.3 is 15.2 Å². The van der Waals surface area contributed by atoms with E-state index in [4.69, 9.17) is 23.2 Å². The largest absolute Gasteiger partial charge is 0.342 e. The maximum atomic E-state index is 13.0. The first-order valence-electron chi connectivity index (χ1n) is 11.1. The van der Waals surface area contributed by atoms with Crippen LogP contribution in [0.4, 0.5) is 5.13 Å². The Hall–Kier alpha value is -2.66. The summed E-state index contributed by atoms with van der Waals surface area (Å²) in [5, 5.41) is 16.3. The number of carbonyl (C=O) groups excluding carboxylic acids is 2. The van der Waals surface area contributed by atoms with Crippen molar-refractivity contribution in [2.45, 2.75) is 31.5 Å². The first-order valence-corrected chi connectivity index (χ1v) is 13.7. The van der Waals surface area contributed by atoms with Crippen molar-refractivity contribution in [3.63, 3.8) is 0 Å². The van der Waals surface area contributed by atoms with Gasteiger partial charge in [0.1, 0.15) is 0 Å². The van der Waals surface area contributed by atoms with Crippen LogP contribution in [0, 0.1) is 5.92 Å². The molecule has 0 saturated carbocycles. The SMILES string of the molecule is CC(C)C[C@H](NC(=O)c1ccc(Cl)cc1Cl)c1nnc(SCC(=O)Nc2nc3ccccc3s2)n1C. The van der Waals surface area contributed by atoms with E-state index in [1.165, 1.54) is 29.2 Å². The molecule has 0 aliphatic heterocycles. The van der Waals surface area contributed by atoms with E-state index in [1.807, 2.05) is 31.3 Å². The molecule has 2 aromatic heterocycles. The molecule has 0 fully saturated rings. The summed E-state index contributed by atoms with van der Waals surface area (Å²) in [5.41, 5.74) is 1.18. The number of para-hydroxylation sites is 1. The van der Waals surface area contributed by atoms with Gasteiger partial charge in [-0.1, -0.05) is 72.3 Å². The van der Waals surface area contributed by atoms with Gasteiger partial charge in [-0.05, 0) is 42.7 Å². The summed E-state index contributed by atoms with van der Waals surface area (Å²) in [6, 6.07) is 12.1. The molecule has 0 spiro atoms. The maximum absolute atomic E-state index is 13.0. The number of benzene rings is 2. The number of nitrogens with one attached hydrogen (secondary N) is 2. The summed E-state index contributed by atoms with van der Waals surface area (Å²) in [7, 11) is 1.82. The van der Waals surface area contributed by atoms with Crippen molar-refractivity contribution in [1.29, 1.82) is 0 Å². The second-order valence-electron chi connectivity index (χ2n) is 8.50. The average molecular weight is 564 g/mol. The number of hydrogen-bond acceptors (Lipinski definition) is 7. The van der Waals surface area contributed by atoms with Crippen molar-refractivity contribution in [3.8, 4) is 0 Å². The first-order chi connectivity index (χ1) is 17.2. The maximum Gasteiger partial charge on any atom is 0.253 e. The summed E-state index contributed by atoms with van der Waals surface area (Å²) in [5.74, 6) is 0.506. The number of rotatable bonds is 9. The molecule has 4 aromatic rings. The zero-order valence-electron chi connectivity index (χ0n) is 19.8. The van der Waals surface area contributed by atoms with Gasteiger partial charge in [0, 0.05) is 12.1 Å². The molecule has 4 rings (SSSR count). The Morgan fingerprint density at radius 3 is 2.64 bits per heavy atom. The Kier molecular flexibility index (Phi) is 8.50. The molecule has 188 valence electrons. The van der Waals surface area contributed by atoms with Crippen LogP contribution in [0.15, 0.2) is 47.6 Å². The number of aromatic nitrogens is 4. The van der Waals surface area contributed by atoms with E-state index >= 15 is 0 Å². The Labute approximate surface area is 226 Å². The quantitative estimate of drug-likeness (QED) is 0.243. The topological polar surface area (TPSA) is 102 Å². The van der Waals surface area contributed by atoms with E-state index in [0.29, 0.717) is 33.1 Å². The molecular formula is C24H24Cl2N6O2S2. The summed E-state index contributed by atoms with van der Waals surface area (Å²) < 4.78 is 2.81. The van der Waals surface area contributed by atoms with Crippen LogP contribution in [0.3, 0.4) is 0 Å². The molecule has 8 nitrogen and oxygen atoms in total. The summed E-state index contributed by atoms with van der Waals surface area (Å²) >= 11 is 14.9. The van der Waals surface area contributed by atoms with E-state index in [9.17, 15) is 9.59 Å². The molecule has 2 N–H and O–H groups in total. The fourth-order valence-corrected chi connectivity index (χ4v) is 5.67. The summed E-state index contributed by atoms with van der Waals surface area (Å²) in [6.45, 7) is 4.12. The number of nitrogens with zero attached hydrogens (tertiary/aromatic N) is 4. The summed E-state index contributed by atoms with van der Waals surface area (Å²) in [4.78, 5) is 29.9. The molecule has 0 unspecified atom stereocenters. The monoisotopic (exact) mass is 562 g/mol. The molecule has 12 heteroatoms. The van der Waals surface area contributed by atoms with Gasteiger partial charge in [0.05, 0.1) is 32.6 Å². The molecule has 2 amide bonds. The molecule has 0 saturated heterocycles. The smallest absolute Gasteiger partial charge is 0.253 e. The van der Waals surface area contributed by atoms with Crippen molar-refractivity contribution in [2.24, 2.45) is 13.0 Å². The van der Waals surface area contributed by atoms with Crippen molar-refractivity contribution < 1.29 is 9.59 Å². The highest BCUT2D eigenvalue weighted by atomic mass is 35.5. The molecule has 0 bridgehead atoms. The van der Waals surface area contributed by atoms with Gasteiger partial charge in [-0.25, -0.2) is 4.98 Å². The molecule has 2 heterocycles. The molecule has 0 aliphatic carbocycles.